The van der Waals surface area contributed by atoms with Crippen LogP contribution < -0.4 is 0 Å². The summed E-state index contributed by atoms with van der Waals surface area (Å²) in [6, 6.07) is 0. The van der Waals surface area contributed by atoms with Crippen molar-refractivity contribution in [2.75, 3.05) is 0 Å². The Balaban J connectivity index is 0. The molecule has 0 atom stereocenters. The zero-order valence-electron chi connectivity index (χ0n) is 8.71. The van der Waals surface area contributed by atoms with E-state index < -0.39 is 28.7 Å². The summed E-state index contributed by atoms with van der Waals surface area (Å²) in [5.74, 6) is 0. The first-order chi connectivity index (χ1) is 6.69. The average molecular weight is 307 g/mol. The second-order valence-electron chi connectivity index (χ2n) is 2.22. The van der Waals surface area contributed by atoms with E-state index in [1.165, 1.54) is 0 Å². The summed E-state index contributed by atoms with van der Waals surface area (Å²) in [6.07, 6.45) is 0. The molecule has 0 aliphatic carbocycles. The minimum atomic E-state index is -1.11. The third kappa shape index (κ3) is 9.61. The van der Waals surface area contributed by atoms with E-state index in [4.69, 9.17) is 0 Å². The predicted octanol–water partition coefficient (Wildman–Crippen LogP) is 3.31. The summed E-state index contributed by atoms with van der Waals surface area (Å²) >= 11 is -2.22. The number of hydrogen-bond acceptors (Lipinski definition) is 0. The Kier molecular flexibility index (Phi) is 14.3. The third-order valence-electron chi connectivity index (χ3n) is 1.41. The molecule has 0 heterocycles. The summed E-state index contributed by atoms with van der Waals surface area (Å²) < 4.78 is 0. The average Bonchev–Trinajstić information content (AvgIpc) is 2.24. The van der Waals surface area contributed by atoms with Crippen LogP contribution in [-0.4, -0.2) is 28.7 Å². The van der Waals surface area contributed by atoms with Crippen molar-refractivity contribution in [2.24, 2.45) is 0 Å². The summed E-state index contributed by atoms with van der Waals surface area (Å²) in [7, 11) is 0. The molecule has 74 valence electrons. The number of hydrogen-bond donors (Lipinski definition) is 0. The van der Waals surface area contributed by atoms with Crippen molar-refractivity contribution in [1.82, 2.24) is 0 Å². The molecular weight excluding hydrogens is 289 g/mol. The van der Waals surface area contributed by atoms with E-state index in [0.29, 0.717) is 0 Å². The molecule has 0 spiro atoms. The predicted molar refractivity (Wildman–Crippen MR) is 72.7 cm³/mol. The Morgan fingerprint density at radius 3 is 0.571 bits per heavy atom. The molecule has 14 heavy (non-hydrogen) atoms. The van der Waals surface area contributed by atoms with Gasteiger partial charge in [0.05, 0.1) is 0 Å². The summed E-state index contributed by atoms with van der Waals surface area (Å²) in [5, 5.41) is 0. The van der Waals surface area contributed by atoms with E-state index in [1.807, 2.05) is 29.5 Å². The maximum atomic E-state index is 3.63. The summed E-state index contributed by atoms with van der Waals surface area (Å²) in [6.45, 7) is 21.8. The Bertz CT molecular complexity index is 154. The molecule has 0 aliphatic heterocycles. The van der Waals surface area contributed by atoms with Crippen molar-refractivity contribution in [3.05, 3.63) is 68.9 Å². The Hall–Kier alpha value is -0.474. The maximum absolute atomic E-state index is 3.63. The summed E-state index contributed by atoms with van der Waals surface area (Å²) in [4.78, 5) is 11.8. The van der Waals surface area contributed by atoms with Gasteiger partial charge in [0.2, 0.25) is 0 Å². The van der Waals surface area contributed by atoms with Crippen LogP contribution in [0.2, 0.25) is 0 Å². The molecule has 0 saturated carbocycles. The van der Waals surface area contributed by atoms with Crippen LogP contribution in [0.3, 0.4) is 0 Å². The fourth-order valence-electron chi connectivity index (χ4n) is 0.500. The molecule has 0 amide bonds. The van der Waals surface area contributed by atoms with Crippen molar-refractivity contribution in [1.29, 1.82) is 0 Å². The van der Waals surface area contributed by atoms with E-state index in [2.05, 4.69) is 39.5 Å². The van der Waals surface area contributed by atoms with E-state index in [9.17, 15) is 0 Å². The van der Waals surface area contributed by atoms with E-state index >= 15 is 0 Å². The first-order valence-electron chi connectivity index (χ1n) is 4.18. The van der Waals surface area contributed by atoms with Crippen LogP contribution >= 0.6 is 0 Å². The van der Waals surface area contributed by atoms with Gasteiger partial charge in [0.25, 0.3) is 0 Å². The van der Waals surface area contributed by atoms with Gasteiger partial charge in [-0.1, -0.05) is 0 Å². The van der Waals surface area contributed by atoms with Crippen LogP contribution in [0.25, 0.3) is 0 Å². The fourth-order valence-corrected chi connectivity index (χ4v) is 2.60. The third-order valence-corrected chi connectivity index (χ3v) is 7.35. The molecule has 0 N–H and O–H groups in total. The minimum absolute atomic E-state index is 1.11. The molecular formula is C12H18Ge2. The molecule has 0 saturated heterocycles. The second-order valence-corrected chi connectivity index (χ2v) is 11.6. The van der Waals surface area contributed by atoms with Crippen LogP contribution in [0.5, 0.6) is 0 Å². The van der Waals surface area contributed by atoms with Crippen LogP contribution in [0, 0.1) is 0 Å². The zero-order chi connectivity index (χ0) is 11.4. The molecule has 0 rings (SSSR count). The van der Waals surface area contributed by atoms with Gasteiger partial charge in [0.15, 0.2) is 0 Å². The van der Waals surface area contributed by atoms with Crippen molar-refractivity contribution >= 4 is 28.7 Å². The molecule has 0 unspecified atom stereocenters. The quantitative estimate of drug-likeness (QED) is 0.661. The molecule has 2 heteroatoms. The van der Waals surface area contributed by atoms with Gasteiger partial charge in [-0.05, 0) is 0 Å². The van der Waals surface area contributed by atoms with Crippen LogP contribution in [0.4, 0.5) is 0 Å². The zero-order valence-corrected chi connectivity index (χ0v) is 12.9. The van der Waals surface area contributed by atoms with Crippen LogP contribution in [-0.2, 0) is 0 Å². The van der Waals surface area contributed by atoms with E-state index in [-0.39, 0.29) is 0 Å². The summed E-state index contributed by atoms with van der Waals surface area (Å²) in [5.41, 5.74) is 0. The fraction of sp³-hybridized carbons (Fsp3) is 0. The normalized spacial score (nSPS) is 8.14. The van der Waals surface area contributed by atoms with Crippen molar-refractivity contribution in [3.63, 3.8) is 0 Å². The van der Waals surface area contributed by atoms with Crippen molar-refractivity contribution < 1.29 is 0 Å². The Morgan fingerprint density at radius 2 is 0.571 bits per heavy atom. The molecule has 0 fully saturated rings. The van der Waals surface area contributed by atoms with Gasteiger partial charge in [0.1, 0.15) is 0 Å². The molecule has 0 aromatic heterocycles. The Labute approximate surface area is 97.3 Å². The molecule has 0 aliphatic rings. The van der Waals surface area contributed by atoms with E-state index in [0.717, 1.165) is 0 Å². The topological polar surface area (TPSA) is 0 Å². The Morgan fingerprint density at radius 1 is 0.429 bits per heavy atom. The van der Waals surface area contributed by atoms with Crippen molar-refractivity contribution in [2.45, 2.75) is 0 Å². The van der Waals surface area contributed by atoms with Gasteiger partial charge in [-0.25, -0.2) is 0 Å². The molecule has 0 aromatic rings. The molecule has 0 nitrogen and oxygen atoms in total. The van der Waals surface area contributed by atoms with Gasteiger partial charge >= 0.3 is 97.6 Å². The van der Waals surface area contributed by atoms with Gasteiger partial charge in [-0.15, -0.1) is 0 Å². The van der Waals surface area contributed by atoms with Gasteiger partial charge in [0, 0.05) is 0 Å². The first kappa shape index (κ1) is 16.0. The van der Waals surface area contributed by atoms with Crippen LogP contribution in [0.15, 0.2) is 68.9 Å². The monoisotopic (exact) mass is 310 g/mol. The van der Waals surface area contributed by atoms with E-state index in [1.54, 1.807) is 0 Å². The van der Waals surface area contributed by atoms with Crippen LogP contribution in [0.1, 0.15) is 0 Å². The standard InChI is InChI=1S/2C6H9Ge/c2*1-4-7(5-2)6-3/h2*4-6H,1-3H2. The first-order valence-corrected chi connectivity index (χ1v) is 11.4. The van der Waals surface area contributed by atoms with Gasteiger partial charge < -0.3 is 0 Å². The second kappa shape index (κ2) is 12.5. The number of rotatable bonds is 6. The molecule has 0 bridgehead atoms. The SMILES string of the molecule is C=[CH][Ge]([CH]=C)[CH]=C.C=[CH][Ge]([CH]=C)[CH]=C. The van der Waals surface area contributed by atoms with Gasteiger partial charge in [-0.3, -0.25) is 0 Å². The molecule has 0 aromatic carbocycles. The molecule has 2 radical (unpaired) electrons. The van der Waals surface area contributed by atoms with Gasteiger partial charge in [-0.2, -0.15) is 0 Å². The van der Waals surface area contributed by atoms with Crippen molar-refractivity contribution in [3.8, 4) is 0 Å².